The molecule has 6 heteroatoms. The molecule has 19 heavy (non-hydrogen) atoms. The summed E-state index contributed by atoms with van der Waals surface area (Å²) < 4.78 is 0.673. The van der Waals surface area contributed by atoms with E-state index in [1.54, 1.807) is 10.3 Å². The number of thiazole rings is 1. The highest BCUT2D eigenvalue weighted by Gasteiger charge is 2.33. The zero-order valence-electron chi connectivity index (χ0n) is 9.91. The molecule has 0 radical (unpaired) electrons. The van der Waals surface area contributed by atoms with Crippen molar-refractivity contribution in [2.75, 3.05) is 18.1 Å². The number of amides is 1. The molecule has 2 aromatic rings. The molecule has 1 aliphatic heterocycles. The fourth-order valence-corrected chi connectivity index (χ4v) is 3.51. The number of rotatable bonds is 2. The Morgan fingerprint density at radius 3 is 3.00 bits per heavy atom. The molecular formula is C13H11BrN2O2S. The van der Waals surface area contributed by atoms with Crippen LogP contribution in [0.15, 0.2) is 34.2 Å². The second kappa shape index (κ2) is 5.03. The predicted octanol–water partition coefficient (Wildman–Crippen LogP) is 2.64. The molecule has 3 rings (SSSR count). The van der Waals surface area contributed by atoms with Crippen LogP contribution in [0, 0.1) is 0 Å². The zero-order valence-corrected chi connectivity index (χ0v) is 12.3. The number of halogens is 1. The SMILES string of the molecule is O=C(c1nc(Br)cs1)N1CC(CO)c2ccccc21. The predicted molar refractivity (Wildman–Crippen MR) is 77.8 cm³/mol. The van der Waals surface area contributed by atoms with Crippen molar-refractivity contribution in [1.82, 2.24) is 4.98 Å². The van der Waals surface area contributed by atoms with Crippen LogP contribution in [-0.4, -0.2) is 29.1 Å². The van der Waals surface area contributed by atoms with Gasteiger partial charge >= 0.3 is 0 Å². The van der Waals surface area contributed by atoms with Gasteiger partial charge in [-0.1, -0.05) is 18.2 Å². The Labute approximate surface area is 122 Å². The van der Waals surface area contributed by atoms with Gasteiger partial charge in [0.15, 0.2) is 5.01 Å². The molecule has 98 valence electrons. The van der Waals surface area contributed by atoms with Gasteiger partial charge in [0, 0.05) is 23.5 Å². The third-order valence-electron chi connectivity index (χ3n) is 3.19. The van der Waals surface area contributed by atoms with Crippen molar-refractivity contribution in [2.45, 2.75) is 5.92 Å². The maximum absolute atomic E-state index is 12.5. The number of para-hydroxylation sites is 1. The molecule has 0 saturated carbocycles. The molecule has 1 atom stereocenters. The highest BCUT2D eigenvalue weighted by Crippen LogP contribution is 2.36. The van der Waals surface area contributed by atoms with Crippen LogP contribution in [-0.2, 0) is 0 Å². The summed E-state index contributed by atoms with van der Waals surface area (Å²) in [5.74, 6) is -0.123. The van der Waals surface area contributed by atoms with Gasteiger partial charge in [0.25, 0.3) is 5.91 Å². The third-order valence-corrected chi connectivity index (χ3v) is 4.73. The lowest BCUT2D eigenvalue weighted by Gasteiger charge is -2.15. The maximum atomic E-state index is 12.5. The third kappa shape index (κ3) is 2.20. The molecule has 1 aromatic carbocycles. The molecule has 1 N–H and O–H groups in total. The Hall–Kier alpha value is -1.24. The van der Waals surface area contributed by atoms with E-state index in [4.69, 9.17) is 0 Å². The minimum Gasteiger partial charge on any atom is -0.396 e. The van der Waals surface area contributed by atoms with Gasteiger partial charge in [0.1, 0.15) is 4.60 Å². The lowest BCUT2D eigenvalue weighted by molar-refractivity contribution is 0.0986. The first kappa shape index (κ1) is 12.8. The van der Waals surface area contributed by atoms with Gasteiger partial charge in [0.05, 0.1) is 6.61 Å². The van der Waals surface area contributed by atoms with Crippen molar-refractivity contribution in [2.24, 2.45) is 0 Å². The van der Waals surface area contributed by atoms with E-state index in [-0.39, 0.29) is 18.4 Å². The minimum absolute atomic E-state index is 0.0106. The largest absolute Gasteiger partial charge is 0.396 e. The van der Waals surface area contributed by atoms with E-state index < -0.39 is 0 Å². The first-order chi connectivity index (χ1) is 9.20. The molecule has 0 fully saturated rings. The summed E-state index contributed by atoms with van der Waals surface area (Å²) in [7, 11) is 0. The number of fused-ring (bicyclic) bond motifs is 1. The van der Waals surface area contributed by atoms with Crippen LogP contribution in [0.25, 0.3) is 0 Å². The monoisotopic (exact) mass is 338 g/mol. The number of aromatic nitrogens is 1. The van der Waals surface area contributed by atoms with Gasteiger partial charge in [-0.15, -0.1) is 11.3 Å². The van der Waals surface area contributed by atoms with Crippen LogP contribution in [0.4, 0.5) is 5.69 Å². The fourth-order valence-electron chi connectivity index (χ4n) is 2.31. The quantitative estimate of drug-likeness (QED) is 0.915. The number of carbonyl (C=O) groups is 1. The molecule has 1 aliphatic rings. The summed E-state index contributed by atoms with van der Waals surface area (Å²) in [6.07, 6.45) is 0. The number of aliphatic hydroxyl groups excluding tert-OH is 1. The summed E-state index contributed by atoms with van der Waals surface area (Å²) in [6.45, 7) is 0.550. The summed E-state index contributed by atoms with van der Waals surface area (Å²) in [5.41, 5.74) is 1.90. The van der Waals surface area contributed by atoms with Crippen LogP contribution in [0.3, 0.4) is 0 Å². The van der Waals surface area contributed by atoms with E-state index in [2.05, 4.69) is 20.9 Å². The van der Waals surface area contributed by atoms with Gasteiger partial charge < -0.3 is 10.0 Å². The Balaban J connectivity index is 1.97. The molecule has 0 saturated heterocycles. The van der Waals surface area contributed by atoms with E-state index >= 15 is 0 Å². The molecule has 1 unspecified atom stereocenters. The Bertz CT molecular complexity index is 629. The normalized spacial score (nSPS) is 17.6. The lowest BCUT2D eigenvalue weighted by atomic mass is 10.0. The Morgan fingerprint density at radius 1 is 1.53 bits per heavy atom. The first-order valence-electron chi connectivity index (χ1n) is 5.83. The number of anilines is 1. The second-order valence-electron chi connectivity index (χ2n) is 4.33. The van der Waals surface area contributed by atoms with Gasteiger partial charge in [-0.2, -0.15) is 0 Å². The number of hydrogen-bond donors (Lipinski definition) is 1. The van der Waals surface area contributed by atoms with Crippen LogP contribution in [0.5, 0.6) is 0 Å². The maximum Gasteiger partial charge on any atom is 0.287 e. The van der Waals surface area contributed by atoms with Crippen molar-refractivity contribution >= 4 is 38.9 Å². The van der Waals surface area contributed by atoms with Crippen molar-refractivity contribution in [3.63, 3.8) is 0 Å². The molecule has 0 bridgehead atoms. The summed E-state index contributed by atoms with van der Waals surface area (Å²) >= 11 is 4.57. The van der Waals surface area contributed by atoms with Crippen LogP contribution < -0.4 is 4.90 Å². The van der Waals surface area contributed by atoms with Gasteiger partial charge in [-0.05, 0) is 27.6 Å². The van der Waals surface area contributed by atoms with E-state index in [1.807, 2.05) is 24.3 Å². The van der Waals surface area contributed by atoms with Crippen LogP contribution in [0.2, 0.25) is 0 Å². The van der Waals surface area contributed by atoms with E-state index in [0.29, 0.717) is 16.2 Å². The van der Waals surface area contributed by atoms with E-state index in [9.17, 15) is 9.90 Å². The highest BCUT2D eigenvalue weighted by atomic mass is 79.9. The van der Waals surface area contributed by atoms with Crippen molar-refractivity contribution in [3.8, 4) is 0 Å². The van der Waals surface area contributed by atoms with Crippen molar-refractivity contribution < 1.29 is 9.90 Å². The molecule has 0 aliphatic carbocycles. The molecule has 1 amide bonds. The summed E-state index contributed by atoms with van der Waals surface area (Å²) in [6, 6.07) is 7.69. The average Bonchev–Trinajstić information content (AvgIpc) is 3.02. The average molecular weight is 339 g/mol. The van der Waals surface area contributed by atoms with Crippen LogP contribution in [0.1, 0.15) is 21.3 Å². The number of aliphatic hydroxyl groups is 1. The number of carbonyl (C=O) groups excluding carboxylic acids is 1. The van der Waals surface area contributed by atoms with Crippen molar-refractivity contribution in [3.05, 3.63) is 44.8 Å². The van der Waals surface area contributed by atoms with Gasteiger partial charge in [0.2, 0.25) is 0 Å². The Kier molecular flexibility index (Phi) is 3.38. The van der Waals surface area contributed by atoms with Gasteiger partial charge in [-0.25, -0.2) is 4.98 Å². The lowest BCUT2D eigenvalue weighted by Crippen LogP contribution is -2.30. The Morgan fingerprint density at radius 2 is 2.32 bits per heavy atom. The van der Waals surface area contributed by atoms with Crippen molar-refractivity contribution in [1.29, 1.82) is 0 Å². The number of nitrogens with zero attached hydrogens (tertiary/aromatic N) is 2. The second-order valence-corrected chi connectivity index (χ2v) is 6.00. The first-order valence-corrected chi connectivity index (χ1v) is 7.50. The van der Waals surface area contributed by atoms with Crippen LogP contribution >= 0.6 is 27.3 Å². The van der Waals surface area contributed by atoms with Gasteiger partial charge in [-0.3, -0.25) is 4.79 Å². The molecule has 4 nitrogen and oxygen atoms in total. The minimum atomic E-state index is -0.112. The topological polar surface area (TPSA) is 53.4 Å². The van der Waals surface area contributed by atoms with E-state index in [1.165, 1.54) is 11.3 Å². The summed E-state index contributed by atoms with van der Waals surface area (Å²) in [4.78, 5) is 18.3. The van der Waals surface area contributed by atoms with E-state index in [0.717, 1.165) is 11.3 Å². The molecule has 2 heterocycles. The molecule has 0 spiro atoms. The number of benzene rings is 1. The smallest absolute Gasteiger partial charge is 0.287 e. The standard InChI is InChI=1S/C13H11BrN2O2S/c14-11-7-19-12(15-11)13(18)16-5-8(6-17)9-3-1-2-4-10(9)16/h1-4,7-8,17H,5-6H2. The molecule has 1 aromatic heterocycles. The zero-order chi connectivity index (χ0) is 13.4. The number of hydrogen-bond acceptors (Lipinski definition) is 4. The summed E-state index contributed by atoms with van der Waals surface area (Å²) in [5, 5.41) is 11.7. The highest BCUT2D eigenvalue weighted by molar-refractivity contribution is 9.10. The molecular weight excluding hydrogens is 328 g/mol. The fraction of sp³-hybridized carbons (Fsp3) is 0.231.